The summed E-state index contributed by atoms with van der Waals surface area (Å²) >= 11 is 0. The molecular weight excluding hydrogens is 216 g/mol. The summed E-state index contributed by atoms with van der Waals surface area (Å²) in [5.41, 5.74) is 1.07. The van der Waals surface area contributed by atoms with Crippen LogP contribution in [0, 0.1) is 0 Å². The summed E-state index contributed by atoms with van der Waals surface area (Å²) in [6.45, 7) is 3.78. The molecule has 0 bridgehead atoms. The number of ether oxygens (including phenoxy) is 1. The number of hydrogen-bond acceptors (Lipinski definition) is 5. The third-order valence-corrected chi connectivity index (χ3v) is 3.24. The highest BCUT2D eigenvalue weighted by molar-refractivity contribution is 5.05. The Kier molecular flexibility index (Phi) is 4.39. The molecule has 1 aromatic heterocycles. The molecule has 0 radical (unpaired) electrons. The van der Waals surface area contributed by atoms with E-state index in [1.165, 1.54) is 0 Å². The third-order valence-electron chi connectivity index (χ3n) is 3.24. The molecule has 94 valence electrons. The van der Waals surface area contributed by atoms with Gasteiger partial charge in [0.15, 0.2) is 5.82 Å². The number of rotatable bonds is 4. The minimum Gasteiger partial charge on any atom is -0.381 e. The zero-order valence-corrected chi connectivity index (χ0v) is 10.5. The van der Waals surface area contributed by atoms with E-state index in [-0.39, 0.29) is 0 Å². The molecule has 2 heterocycles. The van der Waals surface area contributed by atoms with Crippen molar-refractivity contribution in [1.82, 2.24) is 20.5 Å². The van der Waals surface area contributed by atoms with Gasteiger partial charge in [0.2, 0.25) is 0 Å². The third kappa shape index (κ3) is 3.44. The normalized spacial score (nSPS) is 19.2. The van der Waals surface area contributed by atoms with Crippen LogP contribution in [0.1, 0.15) is 37.2 Å². The van der Waals surface area contributed by atoms with Crippen LogP contribution in [0.15, 0.2) is 6.20 Å². The van der Waals surface area contributed by atoms with Gasteiger partial charge in [0.25, 0.3) is 0 Å². The van der Waals surface area contributed by atoms with Gasteiger partial charge in [-0.05, 0) is 26.8 Å². The van der Waals surface area contributed by atoms with Gasteiger partial charge in [0.05, 0.1) is 11.9 Å². The Morgan fingerprint density at radius 2 is 2.24 bits per heavy atom. The number of hydrogen-bond donors (Lipinski definition) is 1. The molecule has 17 heavy (non-hydrogen) atoms. The molecule has 2 rings (SSSR count). The Morgan fingerprint density at radius 1 is 1.47 bits per heavy atom. The predicted octanol–water partition coefficient (Wildman–Crippen LogP) is 0.916. The quantitative estimate of drug-likeness (QED) is 0.842. The largest absolute Gasteiger partial charge is 0.381 e. The standard InChI is InChI=1S/C12H20N4O/c1-9(13-2)7-12-15-11(8-14-16-12)10-3-5-17-6-4-10/h8-10,13H,3-7H2,1-2H3. The fourth-order valence-electron chi connectivity index (χ4n) is 2.01. The fourth-order valence-corrected chi connectivity index (χ4v) is 2.01. The SMILES string of the molecule is CNC(C)Cc1nncc(C2CCOCC2)n1. The maximum atomic E-state index is 5.36. The van der Waals surface area contributed by atoms with Gasteiger partial charge in [-0.3, -0.25) is 0 Å². The van der Waals surface area contributed by atoms with Crippen LogP contribution in [0.3, 0.4) is 0 Å². The van der Waals surface area contributed by atoms with Crippen molar-refractivity contribution in [3.63, 3.8) is 0 Å². The second-order valence-electron chi connectivity index (χ2n) is 4.58. The molecule has 5 nitrogen and oxygen atoms in total. The van der Waals surface area contributed by atoms with Crippen molar-refractivity contribution in [2.75, 3.05) is 20.3 Å². The maximum Gasteiger partial charge on any atom is 0.152 e. The summed E-state index contributed by atoms with van der Waals surface area (Å²) in [4.78, 5) is 4.62. The molecule has 1 aliphatic heterocycles. The van der Waals surface area contributed by atoms with Crippen molar-refractivity contribution in [2.24, 2.45) is 0 Å². The summed E-state index contributed by atoms with van der Waals surface area (Å²) in [5, 5.41) is 11.3. The lowest BCUT2D eigenvalue weighted by atomic mass is 9.97. The zero-order valence-electron chi connectivity index (χ0n) is 10.5. The van der Waals surface area contributed by atoms with Crippen LogP contribution in [0.25, 0.3) is 0 Å². The molecule has 0 aromatic carbocycles. The molecular formula is C12H20N4O. The van der Waals surface area contributed by atoms with Crippen LogP contribution < -0.4 is 5.32 Å². The average Bonchev–Trinajstić information content (AvgIpc) is 2.40. The van der Waals surface area contributed by atoms with Crippen LogP contribution >= 0.6 is 0 Å². The number of nitrogens with zero attached hydrogens (tertiary/aromatic N) is 3. The van der Waals surface area contributed by atoms with E-state index in [4.69, 9.17) is 4.74 Å². The first-order valence-electron chi connectivity index (χ1n) is 6.23. The minimum absolute atomic E-state index is 0.377. The van der Waals surface area contributed by atoms with Gasteiger partial charge in [0, 0.05) is 31.6 Å². The van der Waals surface area contributed by atoms with Gasteiger partial charge in [-0.25, -0.2) is 4.98 Å². The van der Waals surface area contributed by atoms with E-state index in [1.807, 2.05) is 7.05 Å². The first-order chi connectivity index (χ1) is 8.29. The fraction of sp³-hybridized carbons (Fsp3) is 0.750. The van der Waals surface area contributed by atoms with Gasteiger partial charge in [-0.2, -0.15) is 5.10 Å². The highest BCUT2D eigenvalue weighted by Crippen LogP contribution is 2.24. The smallest absolute Gasteiger partial charge is 0.152 e. The highest BCUT2D eigenvalue weighted by atomic mass is 16.5. The number of nitrogens with one attached hydrogen (secondary N) is 1. The first kappa shape index (κ1) is 12.4. The van der Waals surface area contributed by atoms with Gasteiger partial charge < -0.3 is 10.1 Å². The van der Waals surface area contributed by atoms with Gasteiger partial charge in [-0.1, -0.05) is 0 Å². The van der Waals surface area contributed by atoms with Gasteiger partial charge in [-0.15, -0.1) is 5.10 Å². The first-order valence-corrected chi connectivity index (χ1v) is 6.23. The van der Waals surface area contributed by atoms with Crippen LogP contribution in [0.4, 0.5) is 0 Å². The van der Waals surface area contributed by atoms with Crippen LogP contribution in [0.2, 0.25) is 0 Å². The second kappa shape index (κ2) is 6.02. The van der Waals surface area contributed by atoms with E-state index < -0.39 is 0 Å². The van der Waals surface area contributed by atoms with E-state index in [0.29, 0.717) is 12.0 Å². The van der Waals surface area contributed by atoms with Crippen molar-refractivity contribution >= 4 is 0 Å². The molecule has 5 heteroatoms. The monoisotopic (exact) mass is 236 g/mol. The van der Waals surface area contributed by atoms with E-state index >= 15 is 0 Å². The molecule has 1 fully saturated rings. The maximum absolute atomic E-state index is 5.36. The Bertz CT molecular complexity index is 352. The van der Waals surface area contributed by atoms with Crippen molar-refractivity contribution in [3.05, 3.63) is 17.7 Å². The Labute approximate surface area is 102 Å². The van der Waals surface area contributed by atoms with E-state index in [9.17, 15) is 0 Å². The topological polar surface area (TPSA) is 59.9 Å². The molecule has 1 atom stereocenters. The van der Waals surface area contributed by atoms with E-state index in [2.05, 4.69) is 27.4 Å². The highest BCUT2D eigenvalue weighted by Gasteiger charge is 2.18. The summed E-state index contributed by atoms with van der Waals surface area (Å²) in [6.07, 6.45) is 4.70. The minimum atomic E-state index is 0.377. The predicted molar refractivity (Wildman–Crippen MR) is 64.8 cm³/mol. The van der Waals surface area contributed by atoms with E-state index in [0.717, 1.165) is 44.0 Å². The lowest BCUT2D eigenvalue weighted by molar-refractivity contribution is 0.0843. The van der Waals surface area contributed by atoms with Crippen molar-refractivity contribution in [1.29, 1.82) is 0 Å². The lowest BCUT2D eigenvalue weighted by Crippen LogP contribution is -2.25. The Hall–Kier alpha value is -1.07. The summed E-state index contributed by atoms with van der Waals surface area (Å²) in [7, 11) is 1.94. The molecule has 1 aliphatic rings. The number of aromatic nitrogens is 3. The lowest BCUT2D eigenvalue weighted by Gasteiger charge is -2.21. The van der Waals surface area contributed by atoms with Crippen LogP contribution in [0.5, 0.6) is 0 Å². The van der Waals surface area contributed by atoms with Gasteiger partial charge in [0.1, 0.15) is 0 Å². The molecule has 1 saturated heterocycles. The molecule has 0 amide bonds. The van der Waals surface area contributed by atoms with Crippen molar-refractivity contribution in [3.8, 4) is 0 Å². The molecule has 1 N–H and O–H groups in total. The summed E-state index contributed by atoms with van der Waals surface area (Å²) in [6, 6.07) is 0.377. The second-order valence-corrected chi connectivity index (χ2v) is 4.58. The average molecular weight is 236 g/mol. The Balaban J connectivity index is 2.05. The molecule has 0 aliphatic carbocycles. The van der Waals surface area contributed by atoms with Crippen LogP contribution in [-0.4, -0.2) is 41.5 Å². The summed E-state index contributed by atoms with van der Waals surface area (Å²) in [5.74, 6) is 1.32. The molecule has 0 saturated carbocycles. The van der Waals surface area contributed by atoms with Crippen LogP contribution in [-0.2, 0) is 11.2 Å². The molecule has 1 aromatic rings. The summed E-state index contributed by atoms with van der Waals surface area (Å²) < 4.78 is 5.36. The van der Waals surface area contributed by atoms with Crippen molar-refractivity contribution < 1.29 is 4.74 Å². The van der Waals surface area contributed by atoms with Crippen molar-refractivity contribution in [2.45, 2.75) is 38.1 Å². The zero-order chi connectivity index (χ0) is 12.1. The Morgan fingerprint density at radius 3 is 2.94 bits per heavy atom. The molecule has 0 spiro atoms. The van der Waals surface area contributed by atoms with Gasteiger partial charge >= 0.3 is 0 Å². The number of likely N-dealkylation sites (N-methyl/N-ethyl adjacent to an activating group) is 1. The van der Waals surface area contributed by atoms with E-state index in [1.54, 1.807) is 6.20 Å². The molecule has 1 unspecified atom stereocenters.